The maximum absolute atomic E-state index is 10.3. The highest BCUT2D eigenvalue weighted by molar-refractivity contribution is 8.76. The summed E-state index contributed by atoms with van der Waals surface area (Å²) in [6.07, 6.45) is 1.88. The maximum Gasteiger partial charge on any atom is 0.469 e. The molecule has 0 aromatic heterocycles. The zero-order valence-electron chi connectivity index (χ0n) is 6.76. The van der Waals surface area contributed by atoms with Crippen molar-refractivity contribution >= 4 is 29.4 Å². The molecule has 0 fully saturated rings. The van der Waals surface area contributed by atoms with E-state index in [2.05, 4.69) is 9.84 Å². The largest absolute Gasteiger partial charge is 0.469 e. The molecular formula is C4H12NO4PS2. The van der Waals surface area contributed by atoms with Crippen LogP contribution in [0.25, 0.3) is 0 Å². The molecule has 5 nitrogen and oxygen atoms in total. The molecule has 0 radical (unpaired) electrons. The van der Waals surface area contributed by atoms with E-state index in [9.17, 15) is 4.57 Å². The van der Waals surface area contributed by atoms with Crippen molar-refractivity contribution in [2.45, 2.75) is 5.37 Å². The summed E-state index contributed by atoms with van der Waals surface area (Å²) in [6.45, 7) is -0.00765. The Morgan fingerprint density at radius 2 is 2.25 bits per heavy atom. The van der Waals surface area contributed by atoms with Gasteiger partial charge in [-0.05, 0) is 13.3 Å². The molecule has 0 aliphatic heterocycles. The predicted molar refractivity (Wildman–Crippen MR) is 51.9 cm³/mol. The normalized spacial score (nSPS) is 14.7. The number of hydrogen-bond acceptors (Lipinski definition) is 5. The molecule has 0 spiro atoms. The Morgan fingerprint density at radius 1 is 1.67 bits per heavy atom. The van der Waals surface area contributed by atoms with E-state index in [-0.39, 0.29) is 12.0 Å². The number of phosphoric acid groups is 1. The minimum atomic E-state index is -4.32. The summed E-state index contributed by atoms with van der Waals surface area (Å²) < 4.78 is 14.6. The summed E-state index contributed by atoms with van der Waals surface area (Å²) in [5.41, 5.74) is 0. The topological polar surface area (TPSA) is 78.8 Å². The molecular weight excluding hydrogens is 221 g/mol. The number of nitrogens with one attached hydrogen (secondary N) is 1. The van der Waals surface area contributed by atoms with E-state index in [0.29, 0.717) is 0 Å². The highest BCUT2D eigenvalue weighted by atomic mass is 33.1. The van der Waals surface area contributed by atoms with E-state index in [1.807, 2.05) is 6.26 Å². The van der Waals surface area contributed by atoms with Crippen LogP contribution in [0.1, 0.15) is 0 Å². The third-order valence-corrected chi connectivity index (χ3v) is 3.48. The van der Waals surface area contributed by atoms with Crippen molar-refractivity contribution < 1.29 is 18.9 Å². The molecule has 12 heavy (non-hydrogen) atoms. The van der Waals surface area contributed by atoms with Crippen molar-refractivity contribution in [1.29, 1.82) is 0 Å². The van der Waals surface area contributed by atoms with Crippen molar-refractivity contribution in [2.24, 2.45) is 0 Å². The van der Waals surface area contributed by atoms with Crippen molar-refractivity contribution in [3.63, 3.8) is 0 Å². The van der Waals surface area contributed by atoms with Gasteiger partial charge in [0.05, 0.1) is 12.0 Å². The molecule has 1 atom stereocenters. The van der Waals surface area contributed by atoms with Crippen molar-refractivity contribution in [3.8, 4) is 0 Å². The Balaban J connectivity index is 3.65. The SMILES string of the molecule is CNC(COP(=O)(O)O)SSC. The number of likely N-dealkylation sites (N-methyl/N-ethyl adjacent to an activating group) is 1. The van der Waals surface area contributed by atoms with E-state index < -0.39 is 7.82 Å². The number of hydrogen-bond donors (Lipinski definition) is 3. The second-order valence-electron chi connectivity index (χ2n) is 1.83. The average molecular weight is 233 g/mol. The van der Waals surface area contributed by atoms with Crippen LogP contribution in [0.3, 0.4) is 0 Å². The lowest BCUT2D eigenvalue weighted by molar-refractivity contribution is 0.194. The van der Waals surface area contributed by atoms with Crippen LogP contribution in [0.4, 0.5) is 0 Å². The number of phosphoric ester groups is 1. The molecule has 0 aromatic rings. The lowest BCUT2D eigenvalue weighted by Gasteiger charge is -2.13. The smallest absolute Gasteiger partial charge is 0.306 e. The Kier molecular flexibility index (Phi) is 6.66. The van der Waals surface area contributed by atoms with Gasteiger partial charge in [0, 0.05) is 0 Å². The summed E-state index contributed by atoms with van der Waals surface area (Å²) in [5, 5.41) is 2.75. The predicted octanol–water partition coefficient (Wildman–Crippen LogP) is 0.652. The molecule has 0 saturated carbocycles. The summed E-state index contributed by atoms with van der Waals surface area (Å²) in [7, 11) is 0.347. The van der Waals surface area contributed by atoms with Crippen LogP contribution in [0.2, 0.25) is 0 Å². The van der Waals surface area contributed by atoms with Crippen LogP contribution < -0.4 is 5.32 Å². The molecule has 3 N–H and O–H groups in total. The van der Waals surface area contributed by atoms with Crippen LogP contribution in [0.15, 0.2) is 0 Å². The van der Waals surface area contributed by atoms with E-state index >= 15 is 0 Å². The van der Waals surface area contributed by atoms with Gasteiger partial charge in [0.15, 0.2) is 0 Å². The average Bonchev–Trinajstić information content (AvgIpc) is 1.96. The second kappa shape index (κ2) is 6.26. The van der Waals surface area contributed by atoms with E-state index in [4.69, 9.17) is 9.79 Å². The first-order chi connectivity index (χ1) is 5.49. The fourth-order valence-electron chi connectivity index (χ4n) is 0.440. The molecule has 74 valence electrons. The van der Waals surface area contributed by atoms with Gasteiger partial charge in [-0.3, -0.25) is 4.52 Å². The first-order valence-corrected chi connectivity index (χ1v) is 7.21. The van der Waals surface area contributed by atoms with Gasteiger partial charge < -0.3 is 15.1 Å². The van der Waals surface area contributed by atoms with Gasteiger partial charge in [-0.25, -0.2) is 4.57 Å². The Morgan fingerprint density at radius 3 is 2.58 bits per heavy atom. The van der Waals surface area contributed by atoms with Crippen molar-refractivity contribution in [1.82, 2.24) is 5.32 Å². The summed E-state index contributed by atoms with van der Waals surface area (Å²) in [6, 6.07) is 0. The van der Waals surface area contributed by atoms with Crippen LogP contribution in [0.5, 0.6) is 0 Å². The van der Waals surface area contributed by atoms with Crippen molar-refractivity contribution in [3.05, 3.63) is 0 Å². The first kappa shape index (κ1) is 12.8. The zero-order chi connectivity index (χ0) is 9.61. The van der Waals surface area contributed by atoms with Gasteiger partial charge in [-0.1, -0.05) is 21.6 Å². The minimum absolute atomic E-state index is 0.00765. The van der Waals surface area contributed by atoms with E-state index in [0.717, 1.165) is 0 Å². The quantitative estimate of drug-likeness (QED) is 0.353. The van der Waals surface area contributed by atoms with Crippen LogP contribution in [-0.2, 0) is 9.09 Å². The van der Waals surface area contributed by atoms with Crippen molar-refractivity contribution in [2.75, 3.05) is 19.9 Å². The number of rotatable bonds is 6. The van der Waals surface area contributed by atoms with Gasteiger partial charge >= 0.3 is 7.82 Å². The lowest BCUT2D eigenvalue weighted by Crippen LogP contribution is -2.25. The van der Waals surface area contributed by atoms with Crippen LogP contribution in [0, 0.1) is 0 Å². The summed E-state index contributed by atoms with van der Waals surface area (Å²) >= 11 is 0. The van der Waals surface area contributed by atoms with Gasteiger partial charge in [-0.2, -0.15) is 0 Å². The minimum Gasteiger partial charge on any atom is -0.306 e. The van der Waals surface area contributed by atoms with Gasteiger partial charge in [0.2, 0.25) is 0 Å². The molecule has 0 saturated heterocycles. The van der Waals surface area contributed by atoms with Gasteiger partial charge in [-0.15, -0.1) is 0 Å². The summed E-state index contributed by atoms with van der Waals surface area (Å²) in [4.78, 5) is 16.8. The van der Waals surface area contributed by atoms with Gasteiger partial charge in [0.1, 0.15) is 0 Å². The Hall–Kier alpha value is 0.770. The third kappa shape index (κ3) is 7.42. The highest BCUT2D eigenvalue weighted by Crippen LogP contribution is 2.37. The Bertz CT molecular complexity index is 163. The molecule has 0 aliphatic rings. The highest BCUT2D eigenvalue weighted by Gasteiger charge is 2.17. The van der Waals surface area contributed by atoms with Crippen LogP contribution >= 0.6 is 29.4 Å². The molecule has 0 aliphatic carbocycles. The fourth-order valence-corrected chi connectivity index (χ4v) is 2.49. The van der Waals surface area contributed by atoms with E-state index in [1.165, 1.54) is 21.6 Å². The standard InChI is InChI=1S/C4H12NO4PS2/c1-5-4(12-11-2)3-9-10(6,7)8/h4-5H,3H2,1-2H3,(H2,6,7,8). The van der Waals surface area contributed by atoms with Gasteiger partial charge in [0.25, 0.3) is 0 Å². The third-order valence-electron chi connectivity index (χ3n) is 0.928. The maximum atomic E-state index is 10.3. The summed E-state index contributed by atoms with van der Waals surface area (Å²) in [5.74, 6) is 0. The van der Waals surface area contributed by atoms with Crippen LogP contribution in [-0.4, -0.2) is 35.1 Å². The monoisotopic (exact) mass is 233 g/mol. The zero-order valence-corrected chi connectivity index (χ0v) is 9.29. The molecule has 0 rings (SSSR count). The molecule has 1 unspecified atom stereocenters. The molecule has 8 heteroatoms. The fraction of sp³-hybridized carbons (Fsp3) is 1.00. The second-order valence-corrected chi connectivity index (χ2v) is 5.74. The molecule has 0 heterocycles. The first-order valence-electron chi connectivity index (χ1n) is 3.06. The molecule has 0 amide bonds. The lowest BCUT2D eigenvalue weighted by atomic mass is 10.7. The Labute approximate surface area is 79.3 Å². The van der Waals surface area contributed by atoms with E-state index in [1.54, 1.807) is 7.05 Å². The molecule has 0 aromatic carbocycles. The molecule has 0 bridgehead atoms.